The average molecular weight is 671 g/mol. The molecule has 1 aliphatic heterocycles. The van der Waals surface area contributed by atoms with E-state index in [0.717, 1.165) is 60.6 Å². The van der Waals surface area contributed by atoms with Crippen LogP contribution in [0.5, 0.6) is 5.88 Å². The molecule has 1 atom stereocenters. The summed E-state index contributed by atoms with van der Waals surface area (Å²) in [5, 5.41) is 23.2. The number of aromatic nitrogens is 2. The van der Waals surface area contributed by atoms with E-state index in [1.54, 1.807) is 24.6 Å². The summed E-state index contributed by atoms with van der Waals surface area (Å²) < 4.78 is 6.71. The number of nitrogens with one attached hydrogen (secondary N) is 4. The van der Waals surface area contributed by atoms with Gasteiger partial charge in [0.25, 0.3) is 0 Å². The molecule has 12 heteroatoms. The van der Waals surface area contributed by atoms with Crippen LogP contribution < -0.4 is 26.0 Å². The molecule has 2 aromatic carbocycles. The first-order chi connectivity index (χ1) is 22.8. The van der Waals surface area contributed by atoms with Crippen LogP contribution in [-0.4, -0.2) is 53.2 Å². The molecule has 0 radical (unpaired) electrons. The van der Waals surface area contributed by atoms with Crippen molar-refractivity contribution in [1.29, 1.82) is 0 Å². The number of carboxylic acid groups (broad SMARTS) is 1. The van der Waals surface area contributed by atoms with Crippen molar-refractivity contribution in [3.8, 4) is 28.3 Å². The van der Waals surface area contributed by atoms with Crippen LogP contribution in [0.2, 0.25) is 5.02 Å². The molecule has 1 amide bonds. The van der Waals surface area contributed by atoms with Gasteiger partial charge >= 0.3 is 5.97 Å². The van der Waals surface area contributed by atoms with Gasteiger partial charge in [0, 0.05) is 69.9 Å². The minimum Gasteiger partial charge on any atom is -0.481 e. The van der Waals surface area contributed by atoms with Gasteiger partial charge in [-0.15, -0.1) is 11.3 Å². The maximum atomic E-state index is 11.5. The number of nitrogens with zero attached hydrogens (tertiary/aromatic N) is 2. The number of thiophene rings is 1. The number of rotatable bonds is 13. The number of methoxy groups -OCH3 is 1. The van der Waals surface area contributed by atoms with Crippen molar-refractivity contribution in [2.75, 3.05) is 25.5 Å². The average Bonchev–Trinajstić information content (AvgIpc) is 3.68. The van der Waals surface area contributed by atoms with Gasteiger partial charge in [0.2, 0.25) is 11.8 Å². The highest BCUT2D eigenvalue weighted by atomic mass is 35.5. The van der Waals surface area contributed by atoms with E-state index in [1.165, 1.54) is 0 Å². The number of pyridine rings is 2. The molecule has 5 N–H and O–H groups in total. The normalized spacial score (nSPS) is 14.4. The SMILES string of the molecule is COc1nc(-c2cccc(-c3cccc(Nc4nccc5sc(CNCC(=O)O)cc45)c3Cl)c2C)ccc1CNCC1CCC(=O)N1. The van der Waals surface area contributed by atoms with Gasteiger partial charge in [0.15, 0.2) is 0 Å². The Kier molecular flexibility index (Phi) is 9.98. The summed E-state index contributed by atoms with van der Waals surface area (Å²) in [5.41, 5.74) is 6.31. The molecule has 0 spiro atoms. The van der Waals surface area contributed by atoms with Crippen molar-refractivity contribution in [2.45, 2.75) is 38.9 Å². The first-order valence-electron chi connectivity index (χ1n) is 15.3. The van der Waals surface area contributed by atoms with Crippen LogP contribution in [0, 0.1) is 6.92 Å². The van der Waals surface area contributed by atoms with E-state index in [1.807, 2.05) is 54.6 Å². The van der Waals surface area contributed by atoms with Crippen molar-refractivity contribution in [3.05, 3.63) is 87.9 Å². The standard InChI is InChI=1S/C35H35ClN6O4S/c1-20-24(5-3-6-25(20)28-11-9-21(35(42-28)46-2)16-37-17-22-10-12-31(43)40-22)26-7-4-8-29(33(26)36)41-34-27-15-23(18-38-19-32(44)45)47-30(27)13-14-39-34/h3-9,11,13-15,22,37-38H,10,12,16-19H2,1-2H3,(H,39,41)(H,40,43)(H,44,45). The molecule has 0 bridgehead atoms. The number of ether oxygens (including phenoxy) is 1. The molecule has 1 aliphatic rings. The van der Waals surface area contributed by atoms with Gasteiger partial charge in [-0.2, -0.15) is 0 Å². The summed E-state index contributed by atoms with van der Waals surface area (Å²) in [6.07, 6.45) is 3.17. The van der Waals surface area contributed by atoms with E-state index in [9.17, 15) is 9.59 Å². The molecule has 1 unspecified atom stereocenters. The zero-order valence-electron chi connectivity index (χ0n) is 26.0. The maximum Gasteiger partial charge on any atom is 0.317 e. The highest BCUT2D eigenvalue weighted by Crippen LogP contribution is 2.40. The number of hydrogen-bond acceptors (Lipinski definition) is 9. The Bertz CT molecular complexity index is 1950. The number of fused-ring (bicyclic) bond motifs is 1. The topological polar surface area (TPSA) is 138 Å². The number of benzene rings is 2. The number of halogens is 1. The third-order valence-electron chi connectivity index (χ3n) is 8.15. The van der Waals surface area contributed by atoms with E-state index in [-0.39, 0.29) is 18.5 Å². The van der Waals surface area contributed by atoms with Gasteiger partial charge in [0.05, 0.1) is 30.1 Å². The highest BCUT2D eigenvalue weighted by molar-refractivity contribution is 7.19. The van der Waals surface area contributed by atoms with Crippen LogP contribution in [-0.2, 0) is 22.7 Å². The van der Waals surface area contributed by atoms with Gasteiger partial charge in [-0.25, -0.2) is 9.97 Å². The Balaban J connectivity index is 1.23. The number of aliphatic carboxylic acids is 1. The van der Waals surface area contributed by atoms with Crippen LogP contribution in [0.25, 0.3) is 32.5 Å². The molecular weight excluding hydrogens is 636 g/mol. The second-order valence-corrected chi connectivity index (χ2v) is 12.9. The number of amides is 1. The van der Waals surface area contributed by atoms with Crippen LogP contribution >= 0.6 is 22.9 Å². The van der Waals surface area contributed by atoms with Gasteiger partial charge in [-0.3, -0.25) is 9.59 Å². The smallest absolute Gasteiger partial charge is 0.317 e. The van der Waals surface area contributed by atoms with Crippen LogP contribution in [0.15, 0.2) is 66.9 Å². The van der Waals surface area contributed by atoms with E-state index in [2.05, 4.69) is 39.2 Å². The summed E-state index contributed by atoms with van der Waals surface area (Å²) in [7, 11) is 1.62. The molecule has 0 saturated carbocycles. The number of carbonyl (C=O) groups is 2. The fraction of sp³-hybridized carbons (Fsp3) is 0.257. The maximum absolute atomic E-state index is 11.5. The van der Waals surface area contributed by atoms with Gasteiger partial charge < -0.3 is 31.1 Å². The zero-order valence-corrected chi connectivity index (χ0v) is 27.6. The molecule has 4 heterocycles. The van der Waals surface area contributed by atoms with Gasteiger partial charge in [-0.1, -0.05) is 48.0 Å². The predicted octanol–water partition coefficient (Wildman–Crippen LogP) is 6.28. The number of carbonyl (C=O) groups excluding carboxylic acids is 1. The Morgan fingerprint density at radius 1 is 1.09 bits per heavy atom. The van der Waals surface area contributed by atoms with E-state index in [0.29, 0.717) is 42.8 Å². The van der Waals surface area contributed by atoms with Crippen LogP contribution in [0.1, 0.15) is 28.8 Å². The fourth-order valence-corrected chi connectivity index (χ4v) is 7.11. The number of carboxylic acids is 1. The largest absolute Gasteiger partial charge is 0.481 e. The molecule has 47 heavy (non-hydrogen) atoms. The van der Waals surface area contributed by atoms with Crippen molar-refractivity contribution in [3.63, 3.8) is 0 Å². The number of hydrogen-bond donors (Lipinski definition) is 5. The third kappa shape index (κ3) is 7.39. The summed E-state index contributed by atoms with van der Waals surface area (Å²) in [4.78, 5) is 32.8. The molecule has 5 aromatic rings. The Morgan fingerprint density at radius 3 is 2.68 bits per heavy atom. The minimum atomic E-state index is -0.892. The highest BCUT2D eigenvalue weighted by Gasteiger charge is 2.21. The van der Waals surface area contributed by atoms with E-state index in [4.69, 9.17) is 26.4 Å². The monoisotopic (exact) mass is 670 g/mol. The van der Waals surface area contributed by atoms with Crippen molar-refractivity contribution in [1.82, 2.24) is 25.9 Å². The van der Waals surface area contributed by atoms with E-state index >= 15 is 0 Å². The molecule has 1 saturated heterocycles. The Labute approximate surface area is 281 Å². The summed E-state index contributed by atoms with van der Waals surface area (Å²) in [6, 6.07) is 20.1. The molecule has 3 aromatic heterocycles. The molecule has 6 rings (SSSR count). The fourth-order valence-electron chi connectivity index (χ4n) is 5.81. The van der Waals surface area contributed by atoms with Crippen molar-refractivity contribution in [2.24, 2.45) is 0 Å². The Morgan fingerprint density at radius 2 is 1.89 bits per heavy atom. The Hall–Kier alpha value is -4.55. The summed E-state index contributed by atoms with van der Waals surface area (Å²) in [6.45, 7) is 3.69. The summed E-state index contributed by atoms with van der Waals surface area (Å²) >= 11 is 8.66. The second kappa shape index (κ2) is 14.5. The zero-order chi connectivity index (χ0) is 32.9. The summed E-state index contributed by atoms with van der Waals surface area (Å²) in [5.74, 6) is 0.438. The molecule has 1 fully saturated rings. The van der Waals surface area contributed by atoms with Gasteiger partial charge in [-0.05, 0) is 48.7 Å². The lowest BCUT2D eigenvalue weighted by molar-refractivity contribution is -0.136. The van der Waals surface area contributed by atoms with Crippen LogP contribution in [0.3, 0.4) is 0 Å². The lowest BCUT2D eigenvalue weighted by Gasteiger charge is -2.17. The van der Waals surface area contributed by atoms with Crippen molar-refractivity contribution >= 4 is 56.4 Å². The molecular formula is C35H35ClN6O4S. The first-order valence-corrected chi connectivity index (χ1v) is 16.5. The van der Waals surface area contributed by atoms with E-state index < -0.39 is 5.97 Å². The molecule has 10 nitrogen and oxygen atoms in total. The van der Waals surface area contributed by atoms with Crippen LogP contribution in [0.4, 0.5) is 11.5 Å². The predicted molar refractivity (Wildman–Crippen MR) is 187 cm³/mol. The quantitative estimate of drug-likeness (QED) is 0.0980. The lowest BCUT2D eigenvalue weighted by atomic mass is 9.94. The number of anilines is 2. The first kappa shape index (κ1) is 32.4. The molecule has 242 valence electrons. The second-order valence-electron chi connectivity index (χ2n) is 11.4. The van der Waals surface area contributed by atoms with Gasteiger partial charge in [0.1, 0.15) is 5.82 Å². The van der Waals surface area contributed by atoms with Crippen molar-refractivity contribution < 1.29 is 19.4 Å². The third-order valence-corrected chi connectivity index (χ3v) is 9.65. The molecule has 0 aliphatic carbocycles. The minimum absolute atomic E-state index is 0.101. The lowest BCUT2D eigenvalue weighted by Crippen LogP contribution is -2.35.